The molecule has 2 aliphatic rings. The van der Waals surface area contributed by atoms with Gasteiger partial charge in [0.1, 0.15) is 0 Å². The number of nitrogens with zero attached hydrogens (tertiary/aromatic N) is 1. The van der Waals surface area contributed by atoms with Gasteiger partial charge in [-0.1, -0.05) is 24.3 Å². The van der Waals surface area contributed by atoms with E-state index in [0.29, 0.717) is 5.57 Å². The molecule has 200 valence electrons. The molecule has 0 bridgehead atoms. The predicted octanol–water partition coefficient (Wildman–Crippen LogP) is 1.47. The number of aliphatic hydroxyl groups excluding tert-OH is 2. The van der Waals surface area contributed by atoms with Crippen LogP contribution >= 0.6 is 0 Å². The van der Waals surface area contributed by atoms with Crippen LogP contribution in [0.2, 0.25) is 0 Å². The zero-order valence-electron chi connectivity index (χ0n) is 20.7. The van der Waals surface area contributed by atoms with Crippen molar-refractivity contribution in [3.8, 4) is 0 Å². The molecule has 0 aliphatic carbocycles. The van der Waals surface area contributed by atoms with Crippen LogP contribution in [0, 0.1) is 11.8 Å². The van der Waals surface area contributed by atoms with Crippen molar-refractivity contribution in [1.82, 2.24) is 9.88 Å². The highest BCUT2D eigenvalue weighted by molar-refractivity contribution is 5.89. The summed E-state index contributed by atoms with van der Waals surface area (Å²) in [5.74, 6) is -3.65. The Kier molecular flexibility index (Phi) is 9.09. The van der Waals surface area contributed by atoms with E-state index in [2.05, 4.69) is 40.7 Å². The fraction of sp³-hybridized carbons (Fsp3) is 0.423. The normalized spacial score (nSPS) is 22.9. The summed E-state index contributed by atoms with van der Waals surface area (Å²) in [6.45, 7) is 5.93. The van der Waals surface area contributed by atoms with E-state index in [1.54, 1.807) is 7.11 Å². The summed E-state index contributed by atoms with van der Waals surface area (Å²) in [6, 6.07) is 8.74. The second-order valence-corrected chi connectivity index (χ2v) is 8.93. The van der Waals surface area contributed by atoms with Crippen molar-refractivity contribution in [2.24, 2.45) is 11.8 Å². The van der Waals surface area contributed by atoms with E-state index in [9.17, 15) is 14.4 Å². The molecule has 1 fully saturated rings. The van der Waals surface area contributed by atoms with Crippen molar-refractivity contribution in [2.45, 2.75) is 31.1 Å². The highest BCUT2D eigenvalue weighted by atomic mass is 16.5. The summed E-state index contributed by atoms with van der Waals surface area (Å²) >= 11 is 0. The Hall–Kier alpha value is -3.67. The van der Waals surface area contributed by atoms with E-state index in [0.717, 1.165) is 25.9 Å². The van der Waals surface area contributed by atoms with Crippen molar-refractivity contribution < 1.29 is 44.3 Å². The number of aliphatic carboxylic acids is 2. The van der Waals surface area contributed by atoms with Crippen LogP contribution in [-0.2, 0) is 30.3 Å². The number of carbonyl (C=O) groups excluding carboxylic acids is 1. The lowest BCUT2D eigenvalue weighted by Crippen LogP contribution is -2.46. The van der Waals surface area contributed by atoms with Gasteiger partial charge in [-0.3, -0.25) is 4.90 Å². The highest BCUT2D eigenvalue weighted by Gasteiger charge is 2.42. The third-order valence-electron chi connectivity index (χ3n) is 6.88. The van der Waals surface area contributed by atoms with Gasteiger partial charge in [0.05, 0.1) is 32.1 Å². The fourth-order valence-electron chi connectivity index (χ4n) is 5.07. The Morgan fingerprint density at radius 2 is 1.78 bits per heavy atom. The zero-order valence-corrected chi connectivity index (χ0v) is 20.7. The van der Waals surface area contributed by atoms with Crippen LogP contribution in [-0.4, -0.2) is 87.7 Å². The molecule has 2 aromatic rings. The van der Waals surface area contributed by atoms with E-state index in [4.69, 9.17) is 29.9 Å². The minimum Gasteiger partial charge on any atom is -0.504 e. The van der Waals surface area contributed by atoms with Crippen molar-refractivity contribution >= 4 is 28.8 Å². The summed E-state index contributed by atoms with van der Waals surface area (Å²) in [5.41, 5.74) is 4.48. The molecule has 1 saturated heterocycles. The maximum atomic E-state index is 12.4. The Morgan fingerprint density at radius 1 is 1.14 bits per heavy atom. The summed E-state index contributed by atoms with van der Waals surface area (Å²) in [5, 5.41) is 33.8. The molecule has 0 saturated carbocycles. The molecule has 5 atom stereocenters. The lowest BCUT2D eigenvalue weighted by Gasteiger charge is -2.45. The van der Waals surface area contributed by atoms with E-state index < -0.39 is 24.1 Å². The monoisotopic (exact) mass is 516 g/mol. The second kappa shape index (κ2) is 12.0. The number of aromatic nitrogens is 1. The maximum absolute atomic E-state index is 12.4. The van der Waals surface area contributed by atoms with Crippen molar-refractivity contribution in [3.63, 3.8) is 0 Å². The van der Waals surface area contributed by atoms with E-state index in [1.807, 2.05) is 6.08 Å². The van der Waals surface area contributed by atoms with Gasteiger partial charge in [-0.2, -0.15) is 0 Å². The number of carboxylic acids is 2. The molecule has 0 amide bonds. The first kappa shape index (κ1) is 27.9. The van der Waals surface area contributed by atoms with Crippen LogP contribution < -0.4 is 0 Å². The number of ether oxygens (including phenoxy) is 2. The third kappa shape index (κ3) is 5.85. The number of para-hydroxylation sites is 1. The van der Waals surface area contributed by atoms with Crippen molar-refractivity contribution in [2.75, 3.05) is 27.3 Å². The number of esters is 1. The van der Waals surface area contributed by atoms with Crippen LogP contribution in [0.25, 0.3) is 10.9 Å². The Morgan fingerprint density at radius 3 is 2.35 bits per heavy atom. The summed E-state index contributed by atoms with van der Waals surface area (Å²) in [7, 11) is 2.98. The van der Waals surface area contributed by atoms with Gasteiger partial charge < -0.3 is 34.9 Å². The zero-order chi connectivity index (χ0) is 27.3. The van der Waals surface area contributed by atoms with Gasteiger partial charge >= 0.3 is 17.9 Å². The number of carbonyl (C=O) groups is 3. The van der Waals surface area contributed by atoms with Crippen molar-refractivity contribution in [3.05, 3.63) is 60.0 Å². The number of nitrogens with one attached hydrogen (secondary N) is 1. The number of carboxylic acid groups (broad SMARTS) is 2. The second-order valence-electron chi connectivity index (χ2n) is 8.93. The van der Waals surface area contributed by atoms with Gasteiger partial charge in [-0.05, 0) is 30.4 Å². The third-order valence-corrected chi connectivity index (χ3v) is 6.88. The Balaban J connectivity index is 0.000000325. The number of benzene rings is 1. The molecular formula is C26H32N2O9. The minimum atomic E-state index is -2.27. The SMILES string of the molecule is C=C[C@H]1CN2CCc3c([nH]c4ccccc34)[C@@H]2C[C@@H]1/C(=C/OC)C(=O)OC.O=C(O)C(O)C(O)C(=O)O. The predicted molar refractivity (Wildman–Crippen MR) is 133 cm³/mol. The fourth-order valence-corrected chi connectivity index (χ4v) is 5.07. The average Bonchev–Trinajstić information content (AvgIpc) is 3.29. The number of aromatic amines is 1. The number of hydrogen-bond acceptors (Lipinski definition) is 8. The number of H-pyrrole nitrogens is 1. The number of hydrogen-bond donors (Lipinski definition) is 5. The quantitative estimate of drug-likeness (QED) is 0.157. The lowest BCUT2D eigenvalue weighted by molar-refractivity contribution is -0.165. The van der Waals surface area contributed by atoms with Crippen LogP contribution in [0.1, 0.15) is 23.7 Å². The van der Waals surface area contributed by atoms with Crippen molar-refractivity contribution in [1.29, 1.82) is 0 Å². The van der Waals surface area contributed by atoms with E-state index in [1.165, 1.54) is 35.5 Å². The number of rotatable bonds is 7. The first-order valence-electron chi connectivity index (χ1n) is 11.7. The Labute approximate surface area is 213 Å². The summed E-state index contributed by atoms with van der Waals surface area (Å²) in [6.07, 6.45) is 0.851. The molecule has 1 aromatic heterocycles. The average molecular weight is 517 g/mol. The van der Waals surface area contributed by atoms with Crippen LogP contribution in [0.15, 0.2) is 48.8 Å². The molecule has 1 aromatic carbocycles. The molecule has 37 heavy (non-hydrogen) atoms. The molecule has 3 heterocycles. The number of aliphatic hydroxyl groups is 2. The Bertz CT molecular complexity index is 1170. The molecule has 11 heteroatoms. The van der Waals surface area contributed by atoms with Crippen LogP contribution in [0.5, 0.6) is 0 Å². The molecule has 5 N–H and O–H groups in total. The van der Waals surface area contributed by atoms with Gasteiger partial charge in [-0.15, -0.1) is 6.58 Å². The van der Waals surface area contributed by atoms with E-state index in [-0.39, 0.29) is 23.8 Å². The van der Waals surface area contributed by atoms with Gasteiger partial charge in [0.15, 0.2) is 12.2 Å². The molecule has 11 nitrogen and oxygen atoms in total. The van der Waals surface area contributed by atoms with Gasteiger partial charge in [0, 0.05) is 35.6 Å². The number of methoxy groups -OCH3 is 2. The van der Waals surface area contributed by atoms with Gasteiger partial charge in [-0.25, -0.2) is 14.4 Å². The molecule has 0 radical (unpaired) electrons. The van der Waals surface area contributed by atoms with Gasteiger partial charge in [0.2, 0.25) is 0 Å². The smallest absolute Gasteiger partial charge is 0.337 e. The van der Waals surface area contributed by atoms with Crippen LogP contribution in [0.4, 0.5) is 0 Å². The molecular weight excluding hydrogens is 484 g/mol. The summed E-state index contributed by atoms with van der Waals surface area (Å²) < 4.78 is 10.2. The molecule has 0 spiro atoms. The highest BCUT2D eigenvalue weighted by Crippen LogP contribution is 2.45. The molecule has 2 aliphatic heterocycles. The topological polar surface area (TPSA) is 170 Å². The standard InChI is InChI=1S/C22H26N2O3.C4H6O6/c1-4-14-12-24-10-9-16-15-7-5-6-8-19(15)23-21(16)20(24)11-17(14)18(13-26-2)22(25)27-3;5-1(3(7)8)2(6)4(9)10/h4-8,13-14,17,20,23H,1,9-12H2,2-3H3;1-2,5-6H,(H,7,8)(H,9,10)/b18-13-;/t14-,17-,20-;/m0./s1. The first-order valence-corrected chi connectivity index (χ1v) is 11.7. The van der Waals surface area contributed by atoms with E-state index >= 15 is 0 Å². The van der Waals surface area contributed by atoms with Gasteiger partial charge in [0.25, 0.3) is 0 Å². The number of fused-ring (bicyclic) bond motifs is 5. The lowest BCUT2D eigenvalue weighted by atomic mass is 9.75. The maximum Gasteiger partial charge on any atom is 0.337 e. The number of piperidine rings is 1. The summed E-state index contributed by atoms with van der Waals surface area (Å²) in [4.78, 5) is 38.1. The molecule has 4 rings (SSSR count). The first-order chi connectivity index (χ1) is 17.6. The molecule has 2 unspecified atom stereocenters. The largest absolute Gasteiger partial charge is 0.504 e. The minimum absolute atomic E-state index is 0.0218. The van der Waals surface area contributed by atoms with Crippen LogP contribution in [0.3, 0.4) is 0 Å².